The van der Waals surface area contributed by atoms with Crippen molar-refractivity contribution < 1.29 is 37.6 Å². The molecule has 0 aliphatic rings. The van der Waals surface area contributed by atoms with E-state index >= 15 is 0 Å². The van der Waals surface area contributed by atoms with E-state index < -0.39 is 32.5 Å². The molecule has 10 heteroatoms. The van der Waals surface area contributed by atoms with Gasteiger partial charge in [0, 0.05) is 19.4 Å². The molecular formula is C45H84NO8P. The van der Waals surface area contributed by atoms with E-state index in [4.69, 9.17) is 24.3 Å². The summed E-state index contributed by atoms with van der Waals surface area (Å²) in [6.45, 7) is 3.70. The van der Waals surface area contributed by atoms with E-state index in [2.05, 4.69) is 50.3 Å². The summed E-state index contributed by atoms with van der Waals surface area (Å²) in [4.78, 5) is 34.9. The summed E-state index contributed by atoms with van der Waals surface area (Å²) >= 11 is 0. The van der Waals surface area contributed by atoms with Gasteiger partial charge in [0.25, 0.3) is 0 Å². The normalized spacial score (nSPS) is 13.6. The molecule has 322 valence electrons. The van der Waals surface area contributed by atoms with Crippen LogP contribution in [0.15, 0.2) is 36.5 Å². The lowest BCUT2D eigenvalue weighted by Crippen LogP contribution is -2.29. The van der Waals surface area contributed by atoms with Gasteiger partial charge in [-0.2, -0.15) is 0 Å². The molecule has 9 nitrogen and oxygen atoms in total. The third-order valence-corrected chi connectivity index (χ3v) is 10.5. The Bertz CT molecular complexity index is 1000. The number of hydrogen-bond donors (Lipinski definition) is 2. The molecule has 0 amide bonds. The maximum atomic E-state index is 12.6. The zero-order valence-electron chi connectivity index (χ0n) is 35.4. The van der Waals surface area contributed by atoms with E-state index in [1.807, 2.05) is 0 Å². The highest BCUT2D eigenvalue weighted by molar-refractivity contribution is 7.47. The van der Waals surface area contributed by atoms with Gasteiger partial charge < -0.3 is 20.1 Å². The number of hydrogen-bond acceptors (Lipinski definition) is 8. The van der Waals surface area contributed by atoms with Crippen molar-refractivity contribution in [1.29, 1.82) is 0 Å². The molecule has 0 aromatic rings. The van der Waals surface area contributed by atoms with E-state index in [1.54, 1.807) is 0 Å². The first kappa shape index (κ1) is 53.2. The van der Waals surface area contributed by atoms with Crippen molar-refractivity contribution in [2.75, 3.05) is 26.4 Å². The molecule has 0 saturated carbocycles. The fourth-order valence-electron chi connectivity index (χ4n) is 6.13. The minimum Gasteiger partial charge on any atom is -0.462 e. The summed E-state index contributed by atoms with van der Waals surface area (Å²) in [5.41, 5.74) is 5.35. The van der Waals surface area contributed by atoms with Gasteiger partial charge in [-0.05, 0) is 70.6 Å². The molecular weight excluding hydrogens is 713 g/mol. The molecule has 2 atom stereocenters. The summed E-state index contributed by atoms with van der Waals surface area (Å²) in [7, 11) is -4.38. The van der Waals surface area contributed by atoms with Crippen LogP contribution in [-0.4, -0.2) is 49.3 Å². The maximum Gasteiger partial charge on any atom is 0.472 e. The third kappa shape index (κ3) is 41.7. The lowest BCUT2D eigenvalue weighted by atomic mass is 10.1. The fourth-order valence-corrected chi connectivity index (χ4v) is 6.89. The molecule has 0 fully saturated rings. The highest BCUT2D eigenvalue weighted by Crippen LogP contribution is 2.43. The Hall–Kier alpha value is -1.77. The van der Waals surface area contributed by atoms with E-state index in [0.717, 1.165) is 70.6 Å². The average molecular weight is 798 g/mol. The Labute approximate surface area is 337 Å². The van der Waals surface area contributed by atoms with E-state index in [-0.39, 0.29) is 32.6 Å². The Morgan fingerprint density at radius 1 is 0.545 bits per heavy atom. The first-order valence-corrected chi connectivity index (χ1v) is 24.0. The quantitative estimate of drug-likeness (QED) is 0.0268. The van der Waals surface area contributed by atoms with Crippen molar-refractivity contribution in [3.63, 3.8) is 0 Å². The average Bonchev–Trinajstić information content (AvgIpc) is 3.17. The first-order chi connectivity index (χ1) is 26.8. The second kappa shape index (κ2) is 41.9. The summed E-state index contributed by atoms with van der Waals surface area (Å²) < 4.78 is 32.8. The molecule has 0 heterocycles. The number of esters is 2. The molecule has 55 heavy (non-hydrogen) atoms. The number of phosphoric ester groups is 1. The van der Waals surface area contributed by atoms with Gasteiger partial charge in [0.15, 0.2) is 6.10 Å². The van der Waals surface area contributed by atoms with Crippen LogP contribution in [0.1, 0.15) is 206 Å². The van der Waals surface area contributed by atoms with E-state index in [1.165, 1.54) is 103 Å². The van der Waals surface area contributed by atoms with Gasteiger partial charge in [0.1, 0.15) is 6.61 Å². The van der Waals surface area contributed by atoms with Crippen LogP contribution >= 0.6 is 7.82 Å². The second-order valence-corrected chi connectivity index (χ2v) is 16.4. The van der Waals surface area contributed by atoms with Crippen molar-refractivity contribution in [3.05, 3.63) is 36.5 Å². The highest BCUT2D eigenvalue weighted by atomic mass is 31.2. The Morgan fingerprint density at radius 2 is 0.945 bits per heavy atom. The number of carbonyl (C=O) groups excluding carboxylic acids is 2. The van der Waals surface area contributed by atoms with Crippen molar-refractivity contribution in [1.82, 2.24) is 0 Å². The minimum absolute atomic E-state index is 0.0515. The Morgan fingerprint density at radius 3 is 1.44 bits per heavy atom. The zero-order valence-corrected chi connectivity index (χ0v) is 36.3. The van der Waals surface area contributed by atoms with Crippen molar-refractivity contribution in [2.45, 2.75) is 213 Å². The van der Waals surface area contributed by atoms with Crippen LogP contribution in [0.3, 0.4) is 0 Å². The summed E-state index contributed by atoms with van der Waals surface area (Å²) in [6.07, 6.45) is 46.0. The highest BCUT2D eigenvalue weighted by Gasteiger charge is 2.26. The molecule has 0 spiro atoms. The Kier molecular flexibility index (Phi) is 40.5. The zero-order chi connectivity index (χ0) is 40.3. The van der Waals surface area contributed by atoms with Crippen LogP contribution in [0.2, 0.25) is 0 Å². The first-order valence-electron chi connectivity index (χ1n) is 22.5. The SMILES string of the molecule is CCCCCC=CCC=CCCCCCCCCCCCC(=O)OC(COC(=O)CCCCCCCC=CCCCCCCCC)COP(=O)(O)OCCN. The molecule has 0 radical (unpaired) electrons. The molecule has 0 bridgehead atoms. The lowest BCUT2D eigenvalue weighted by Gasteiger charge is -2.19. The summed E-state index contributed by atoms with van der Waals surface area (Å²) in [6, 6.07) is 0. The molecule has 0 aromatic heterocycles. The number of nitrogens with two attached hydrogens (primary N) is 1. The van der Waals surface area contributed by atoms with Crippen molar-refractivity contribution >= 4 is 19.8 Å². The summed E-state index contributed by atoms with van der Waals surface area (Å²) in [5, 5.41) is 0. The lowest BCUT2D eigenvalue weighted by molar-refractivity contribution is -0.161. The van der Waals surface area contributed by atoms with Crippen LogP contribution in [0.5, 0.6) is 0 Å². The van der Waals surface area contributed by atoms with Gasteiger partial charge in [0.2, 0.25) is 0 Å². The van der Waals surface area contributed by atoms with Gasteiger partial charge in [0.05, 0.1) is 13.2 Å². The topological polar surface area (TPSA) is 134 Å². The number of carbonyl (C=O) groups is 2. The van der Waals surface area contributed by atoms with Crippen LogP contribution in [-0.2, 0) is 32.7 Å². The monoisotopic (exact) mass is 798 g/mol. The van der Waals surface area contributed by atoms with Crippen LogP contribution in [0.25, 0.3) is 0 Å². The van der Waals surface area contributed by atoms with Gasteiger partial charge in [-0.25, -0.2) is 4.57 Å². The molecule has 0 saturated heterocycles. The summed E-state index contributed by atoms with van der Waals surface area (Å²) in [5.74, 6) is -0.840. The van der Waals surface area contributed by atoms with Gasteiger partial charge in [-0.1, -0.05) is 159 Å². The molecule has 0 rings (SSSR count). The molecule has 0 aliphatic heterocycles. The second-order valence-electron chi connectivity index (χ2n) is 14.9. The third-order valence-electron chi connectivity index (χ3n) is 9.50. The van der Waals surface area contributed by atoms with Crippen molar-refractivity contribution in [3.8, 4) is 0 Å². The van der Waals surface area contributed by atoms with Crippen molar-refractivity contribution in [2.24, 2.45) is 5.73 Å². The van der Waals surface area contributed by atoms with Gasteiger partial charge in [-0.15, -0.1) is 0 Å². The van der Waals surface area contributed by atoms with Gasteiger partial charge in [-0.3, -0.25) is 18.6 Å². The number of allylic oxidation sites excluding steroid dienone is 6. The molecule has 0 aliphatic carbocycles. The maximum absolute atomic E-state index is 12.6. The van der Waals surface area contributed by atoms with E-state index in [0.29, 0.717) is 6.42 Å². The molecule has 3 N–H and O–H groups in total. The molecule has 0 aromatic carbocycles. The predicted octanol–water partition coefficient (Wildman–Crippen LogP) is 12.9. The number of phosphoric acid groups is 1. The number of unbranched alkanes of at least 4 members (excludes halogenated alkanes) is 23. The number of rotatable bonds is 42. The van der Waals surface area contributed by atoms with E-state index in [9.17, 15) is 19.0 Å². The largest absolute Gasteiger partial charge is 0.472 e. The Balaban J connectivity index is 4.14. The minimum atomic E-state index is -4.38. The van der Waals surface area contributed by atoms with Crippen LogP contribution in [0, 0.1) is 0 Å². The fraction of sp³-hybridized carbons (Fsp3) is 0.822. The van der Waals surface area contributed by atoms with Crippen LogP contribution in [0.4, 0.5) is 0 Å². The van der Waals surface area contributed by atoms with Gasteiger partial charge >= 0.3 is 19.8 Å². The standard InChI is InChI=1S/C45H84NO8P/c1-3-5-7-9-11-13-15-17-19-20-21-22-24-26-28-30-32-34-36-38-45(48)54-43(42-53-55(49,50)52-40-39-46)41-51-44(47)37-35-33-31-29-27-25-23-18-16-14-12-10-8-6-4-2/h11,13,17-19,23,43H,3-10,12,14-16,20-22,24-42,46H2,1-2H3,(H,49,50). The molecule has 2 unspecified atom stereocenters. The predicted molar refractivity (Wildman–Crippen MR) is 229 cm³/mol. The number of ether oxygens (including phenoxy) is 2. The van der Waals surface area contributed by atoms with Crippen LogP contribution < -0.4 is 5.73 Å². The smallest absolute Gasteiger partial charge is 0.462 e.